The molecule has 0 fully saturated rings. The monoisotopic (exact) mass is 529 g/mol. The predicted octanol–water partition coefficient (Wildman–Crippen LogP) is 7.13. The quantitative estimate of drug-likeness (QED) is 0.169. The number of aryl methyl sites for hydroxylation is 1. The maximum atomic E-state index is 13.4. The Hall–Kier alpha value is -3.97. The maximum absolute atomic E-state index is 13.4. The van der Waals surface area contributed by atoms with Gasteiger partial charge in [0.05, 0.1) is 11.0 Å². The summed E-state index contributed by atoms with van der Waals surface area (Å²) in [5.74, 6) is 0.351. The molecule has 0 aliphatic rings. The first kappa shape index (κ1) is 29.6. The van der Waals surface area contributed by atoms with Gasteiger partial charge in [-0.3, -0.25) is 9.69 Å². The van der Waals surface area contributed by atoms with Gasteiger partial charge in [-0.25, -0.2) is 9.37 Å². The zero-order chi connectivity index (χ0) is 28.4. The van der Waals surface area contributed by atoms with Crippen LogP contribution in [0.1, 0.15) is 46.1 Å². The topological polar surface area (TPSA) is 76.2 Å². The van der Waals surface area contributed by atoms with E-state index in [1.807, 2.05) is 74.0 Å². The van der Waals surface area contributed by atoms with Crippen molar-refractivity contribution in [2.75, 3.05) is 30.7 Å². The summed E-state index contributed by atoms with van der Waals surface area (Å²) in [5, 5.41) is 3.04. The highest BCUT2D eigenvalue weighted by Gasteiger charge is 2.15. The molecule has 0 saturated carbocycles. The second-order valence-corrected chi connectivity index (χ2v) is 9.27. The highest BCUT2D eigenvalue weighted by molar-refractivity contribution is 6.07. The highest BCUT2D eigenvalue weighted by atomic mass is 19.1. The van der Waals surface area contributed by atoms with Crippen LogP contribution in [0.25, 0.3) is 28.5 Å². The maximum Gasteiger partial charge on any atom is 0.252 e. The summed E-state index contributed by atoms with van der Waals surface area (Å²) in [6.45, 7) is 10.6. The molecule has 0 radical (unpaired) electrons. The van der Waals surface area contributed by atoms with Crippen LogP contribution in [0.2, 0.25) is 0 Å². The molecule has 3 N–H and O–H groups in total. The Kier molecular flexibility index (Phi) is 10.8. The third-order valence-corrected chi connectivity index (χ3v) is 6.28. The fraction of sp³-hybridized carbons (Fsp3) is 0.312. The van der Waals surface area contributed by atoms with E-state index in [0.29, 0.717) is 23.5 Å². The first-order valence-corrected chi connectivity index (χ1v) is 13.7. The largest absolute Gasteiger partial charge is 0.399 e. The molecule has 0 bridgehead atoms. The van der Waals surface area contributed by atoms with Gasteiger partial charge in [0.25, 0.3) is 5.91 Å². The van der Waals surface area contributed by atoms with Gasteiger partial charge in [0.2, 0.25) is 0 Å². The van der Waals surface area contributed by atoms with E-state index in [1.165, 1.54) is 12.1 Å². The van der Waals surface area contributed by atoms with Gasteiger partial charge < -0.3 is 15.6 Å². The third kappa shape index (κ3) is 7.77. The smallest absolute Gasteiger partial charge is 0.252 e. The number of hydrogen-bond acceptors (Lipinski definition) is 4. The molecule has 4 rings (SSSR count). The van der Waals surface area contributed by atoms with Crippen LogP contribution in [0.4, 0.5) is 15.8 Å². The van der Waals surface area contributed by atoms with Crippen molar-refractivity contribution in [1.29, 1.82) is 0 Å². The molecule has 0 aliphatic heterocycles. The SMILES string of the molecule is CC.CCCN(CCC)C/C(=C\c1ccc(F)cc1)C(=O)Nc1ccc(-c2nc3ccc(N)cc3n2C)cc1. The Morgan fingerprint density at radius 1 is 1.00 bits per heavy atom. The highest BCUT2D eigenvalue weighted by Crippen LogP contribution is 2.26. The number of nitrogens with one attached hydrogen (secondary N) is 1. The van der Waals surface area contributed by atoms with Gasteiger partial charge in [-0.1, -0.05) is 39.8 Å². The van der Waals surface area contributed by atoms with Gasteiger partial charge >= 0.3 is 0 Å². The lowest BCUT2D eigenvalue weighted by Crippen LogP contribution is -2.31. The van der Waals surface area contributed by atoms with E-state index in [4.69, 9.17) is 10.7 Å². The van der Waals surface area contributed by atoms with Crippen molar-refractivity contribution in [1.82, 2.24) is 14.5 Å². The number of hydrogen-bond donors (Lipinski definition) is 2. The van der Waals surface area contributed by atoms with Crippen molar-refractivity contribution in [3.05, 3.63) is 83.7 Å². The van der Waals surface area contributed by atoms with Crippen molar-refractivity contribution in [2.24, 2.45) is 7.05 Å². The Morgan fingerprint density at radius 3 is 2.26 bits per heavy atom. The van der Waals surface area contributed by atoms with Crippen LogP contribution < -0.4 is 11.1 Å². The number of imidazole rings is 1. The van der Waals surface area contributed by atoms with Gasteiger partial charge in [-0.2, -0.15) is 0 Å². The van der Waals surface area contributed by atoms with Gasteiger partial charge in [-0.15, -0.1) is 0 Å². The molecule has 1 amide bonds. The number of amides is 1. The number of halogens is 1. The molecule has 4 aromatic rings. The normalized spacial score (nSPS) is 11.4. The molecular formula is C32H40FN5O. The fourth-order valence-corrected chi connectivity index (χ4v) is 4.47. The minimum atomic E-state index is -0.300. The Morgan fingerprint density at radius 2 is 1.64 bits per heavy atom. The Bertz CT molecular complexity index is 1380. The molecule has 1 aromatic heterocycles. The van der Waals surface area contributed by atoms with Crippen LogP contribution in [-0.4, -0.2) is 40.0 Å². The second-order valence-electron chi connectivity index (χ2n) is 9.27. The number of anilines is 2. The molecule has 7 heteroatoms. The lowest BCUT2D eigenvalue weighted by Gasteiger charge is -2.22. The molecule has 206 valence electrons. The number of fused-ring (bicyclic) bond motifs is 1. The number of nitrogens with zero attached hydrogens (tertiary/aromatic N) is 3. The third-order valence-electron chi connectivity index (χ3n) is 6.28. The molecule has 39 heavy (non-hydrogen) atoms. The summed E-state index contributed by atoms with van der Waals surface area (Å²) in [5.41, 5.74) is 11.5. The lowest BCUT2D eigenvalue weighted by molar-refractivity contribution is -0.113. The number of carbonyl (C=O) groups is 1. The molecule has 6 nitrogen and oxygen atoms in total. The molecule has 0 saturated heterocycles. The van der Waals surface area contributed by atoms with Crippen molar-refractivity contribution in [2.45, 2.75) is 40.5 Å². The van der Waals surface area contributed by atoms with E-state index in [-0.39, 0.29) is 11.7 Å². The van der Waals surface area contributed by atoms with E-state index < -0.39 is 0 Å². The van der Waals surface area contributed by atoms with E-state index in [2.05, 4.69) is 24.1 Å². The molecule has 0 unspecified atom stereocenters. The van der Waals surface area contributed by atoms with Gasteiger partial charge in [0.1, 0.15) is 11.6 Å². The summed E-state index contributed by atoms with van der Waals surface area (Å²) < 4.78 is 15.4. The minimum Gasteiger partial charge on any atom is -0.399 e. The van der Waals surface area contributed by atoms with Crippen LogP contribution in [0.3, 0.4) is 0 Å². The van der Waals surface area contributed by atoms with Crippen molar-refractivity contribution >= 4 is 34.4 Å². The second kappa shape index (κ2) is 14.3. The summed E-state index contributed by atoms with van der Waals surface area (Å²) in [6, 6.07) is 19.5. The Balaban J connectivity index is 0.00000205. The Labute approximate surface area is 231 Å². The molecular weight excluding hydrogens is 489 g/mol. The van der Waals surface area contributed by atoms with Gasteiger partial charge in [0.15, 0.2) is 0 Å². The number of nitrogen functional groups attached to an aromatic ring is 1. The number of aromatic nitrogens is 2. The molecule has 0 atom stereocenters. The number of nitrogens with two attached hydrogens (primary N) is 1. The van der Waals surface area contributed by atoms with Crippen molar-refractivity contribution in [3.63, 3.8) is 0 Å². The molecule has 0 spiro atoms. The van der Waals surface area contributed by atoms with Crippen molar-refractivity contribution in [3.8, 4) is 11.4 Å². The fourth-order valence-electron chi connectivity index (χ4n) is 4.47. The average molecular weight is 530 g/mol. The number of carbonyl (C=O) groups excluding carboxylic acids is 1. The first-order chi connectivity index (χ1) is 18.9. The van der Waals surface area contributed by atoms with Crippen LogP contribution in [-0.2, 0) is 11.8 Å². The van der Waals surface area contributed by atoms with Gasteiger partial charge in [-0.05, 0) is 92.2 Å². The van der Waals surface area contributed by atoms with E-state index in [9.17, 15) is 9.18 Å². The van der Waals surface area contributed by atoms with E-state index >= 15 is 0 Å². The minimum absolute atomic E-state index is 0.174. The van der Waals surface area contributed by atoms with Crippen LogP contribution in [0.5, 0.6) is 0 Å². The van der Waals surface area contributed by atoms with E-state index in [0.717, 1.165) is 53.9 Å². The summed E-state index contributed by atoms with van der Waals surface area (Å²) >= 11 is 0. The molecule has 0 aliphatic carbocycles. The average Bonchev–Trinajstić information content (AvgIpc) is 3.26. The summed E-state index contributed by atoms with van der Waals surface area (Å²) in [6.07, 6.45) is 3.84. The van der Waals surface area contributed by atoms with E-state index in [1.54, 1.807) is 12.1 Å². The van der Waals surface area contributed by atoms with Gasteiger partial charge in [0, 0.05) is 36.1 Å². The molecule has 1 heterocycles. The lowest BCUT2D eigenvalue weighted by atomic mass is 10.1. The van der Waals surface area contributed by atoms with Crippen LogP contribution >= 0.6 is 0 Å². The number of rotatable bonds is 10. The zero-order valence-corrected chi connectivity index (χ0v) is 23.7. The summed E-state index contributed by atoms with van der Waals surface area (Å²) in [4.78, 5) is 20.4. The number of benzene rings is 3. The van der Waals surface area contributed by atoms with Crippen molar-refractivity contribution < 1.29 is 9.18 Å². The van der Waals surface area contributed by atoms with Crippen LogP contribution in [0, 0.1) is 5.82 Å². The first-order valence-electron chi connectivity index (χ1n) is 13.7. The van der Waals surface area contributed by atoms with Crippen LogP contribution in [0.15, 0.2) is 72.3 Å². The summed E-state index contributed by atoms with van der Waals surface area (Å²) in [7, 11) is 1.96. The standard InChI is InChI=1S/C30H34FN5O.C2H6/c1-4-16-36(17-5-2)20-23(18-21-6-10-24(31)11-7-21)30(37)33-26-13-8-22(9-14-26)29-34-27-15-12-25(32)19-28(27)35(29)3;1-2/h6-15,18-19H,4-5,16-17,20,32H2,1-3H3,(H,33,37);1-2H3/b23-18+;. The predicted molar refractivity (Wildman–Crippen MR) is 162 cm³/mol. The zero-order valence-electron chi connectivity index (χ0n) is 23.7. The molecule has 3 aromatic carbocycles.